The van der Waals surface area contributed by atoms with Crippen LogP contribution in [0.1, 0.15) is 33.2 Å². The summed E-state index contributed by atoms with van der Waals surface area (Å²) in [6.45, 7) is 2.06. The fourth-order valence-corrected chi connectivity index (χ4v) is 2.85. The molecule has 1 aliphatic rings. The van der Waals surface area contributed by atoms with E-state index in [0.29, 0.717) is 17.8 Å². The third-order valence-electron chi connectivity index (χ3n) is 4.29. The molecule has 6 heteroatoms. The summed E-state index contributed by atoms with van der Waals surface area (Å²) in [5, 5.41) is 2.72. The SMILES string of the molecule is COC(=O)c1ccccc1NC(=O)C(C)N1Cc2ccccc2C1=O. The van der Waals surface area contributed by atoms with Crippen molar-refractivity contribution in [3.05, 3.63) is 65.2 Å². The first kappa shape index (κ1) is 16.7. The van der Waals surface area contributed by atoms with Crippen molar-refractivity contribution in [2.75, 3.05) is 12.4 Å². The van der Waals surface area contributed by atoms with Gasteiger partial charge in [-0.25, -0.2) is 4.79 Å². The van der Waals surface area contributed by atoms with E-state index in [1.54, 1.807) is 43.3 Å². The van der Waals surface area contributed by atoms with Crippen LogP contribution in [0.3, 0.4) is 0 Å². The van der Waals surface area contributed by atoms with Crippen molar-refractivity contribution in [2.45, 2.75) is 19.5 Å². The van der Waals surface area contributed by atoms with E-state index in [4.69, 9.17) is 4.74 Å². The van der Waals surface area contributed by atoms with Crippen molar-refractivity contribution in [1.82, 2.24) is 4.90 Å². The van der Waals surface area contributed by atoms with Crippen LogP contribution in [-0.2, 0) is 16.1 Å². The second kappa shape index (κ2) is 6.76. The Bertz CT molecular complexity index is 847. The third kappa shape index (κ3) is 3.10. The topological polar surface area (TPSA) is 75.7 Å². The van der Waals surface area contributed by atoms with Gasteiger partial charge in [0, 0.05) is 12.1 Å². The van der Waals surface area contributed by atoms with Gasteiger partial charge in [0.25, 0.3) is 5.91 Å². The molecular weight excluding hydrogens is 320 g/mol. The lowest BCUT2D eigenvalue weighted by Crippen LogP contribution is -2.42. The van der Waals surface area contributed by atoms with Crippen LogP contribution in [0.15, 0.2) is 48.5 Å². The fourth-order valence-electron chi connectivity index (χ4n) is 2.85. The normalized spacial score (nSPS) is 14.0. The summed E-state index contributed by atoms with van der Waals surface area (Å²) in [7, 11) is 1.28. The second-order valence-electron chi connectivity index (χ2n) is 5.79. The van der Waals surface area contributed by atoms with Gasteiger partial charge in [-0.1, -0.05) is 30.3 Å². The van der Waals surface area contributed by atoms with E-state index in [2.05, 4.69) is 5.32 Å². The Balaban J connectivity index is 1.77. The quantitative estimate of drug-likeness (QED) is 0.869. The predicted molar refractivity (Wildman–Crippen MR) is 92.2 cm³/mol. The van der Waals surface area contributed by atoms with Crippen molar-refractivity contribution < 1.29 is 19.1 Å². The average Bonchev–Trinajstić information content (AvgIpc) is 2.98. The van der Waals surface area contributed by atoms with Gasteiger partial charge in [0.05, 0.1) is 18.4 Å². The Labute approximate surface area is 145 Å². The van der Waals surface area contributed by atoms with Gasteiger partial charge in [-0.15, -0.1) is 0 Å². The number of hydrogen-bond donors (Lipinski definition) is 1. The van der Waals surface area contributed by atoms with Gasteiger partial charge in [-0.05, 0) is 30.7 Å². The first-order valence-electron chi connectivity index (χ1n) is 7.90. The second-order valence-corrected chi connectivity index (χ2v) is 5.79. The highest BCUT2D eigenvalue weighted by atomic mass is 16.5. The highest BCUT2D eigenvalue weighted by Crippen LogP contribution is 2.25. The molecule has 1 N–H and O–H groups in total. The van der Waals surface area contributed by atoms with Crippen LogP contribution in [0.4, 0.5) is 5.69 Å². The van der Waals surface area contributed by atoms with Gasteiger partial charge in [-0.3, -0.25) is 9.59 Å². The number of anilines is 1. The standard InChI is InChI=1S/C19H18N2O4/c1-12(21-11-13-7-3-4-8-14(13)18(21)23)17(22)20-16-10-6-5-9-15(16)19(24)25-2/h3-10,12H,11H2,1-2H3,(H,20,22). The van der Waals surface area contributed by atoms with E-state index in [0.717, 1.165) is 5.56 Å². The Morgan fingerprint density at radius 1 is 1.12 bits per heavy atom. The van der Waals surface area contributed by atoms with Crippen LogP contribution in [0.5, 0.6) is 0 Å². The molecule has 0 bridgehead atoms. The van der Waals surface area contributed by atoms with Gasteiger partial charge < -0.3 is 15.0 Å². The molecule has 0 aliphatic carbocycles. The number of amides is 2. The molecule has 25 heavy (non-hydrogen) atoms. The number of nitrogens with zero attached hydrogens (tertiary/aromatic N) is 1. The molecule has 0 saturated heterocycles. The average molecular weight is 338 g/mol. The first-order chi connectivity index (χ1) is 12.0. The van der Waals surface area contributed by atoms with Gasteiger partial charge in [-0.2, -0.15) is 0 Å². The van der Waals surface area contributed by atoms with Crippen molar-refractivity contribution in [1.29, 1.82) is 0 Å². The maximum absolute atomic E-state index is 12.6. The van der Waals surface area contributed by atoms with Crippen LogP contribution in [-0.4, -0.2) is 35.8 Å². The van der Waals surface area contributed by atoms with Crippen LogP contribution < -0.4 is 5.32 Å². The van der Waals surface area contributed by atoms with E-state index in [-0.39, 0.29) is 17.4 Å². The molecule has 1 unspecified atom stereocenters. The number of nitrogens with one attached hydrogen (secondary N) is 1. The number of carbonyl (C=O) groups is 3. The number of hydrogen-bond acceptors (Lipinski definition) is 4. The highest BCUT2D eigenvalue weighted by molar-refractivity contribution is 6.05. The molecule has 1 aliphatic heterocycles. The summed E-state index contributed by atoms with van der Waals surface area (Å²) in [5.41, 5.74) is 2.15. The Morgan fingerprint density at radius 2 is 1.80 bits per heavy atom. The molecule has 0 aromatic heterocycles. The number of fused-ring (bicyclic) bond motifs is 1. The lowest BCUT2D eigenvalue weighted by molar-refractivity contribution is -0.120. The number of rotatable bonds is 4. The third-order valence-corrected chi connectivity index (χ3v) is 4.29. The number of ether oxygens (including phenoxy) is 1. The summed E-state index contributed by atoms with van der Waals surface area (Å²) in [6, 6.07) is 13.2. The molecule has 2 amide bonds. The van der Waals surface area contributed by atoms with Crippen LogP contribution in [0.2, 0.25) is 0 Å². The smallest absolute Gasteiger partial charge is 0.339 e. The first-order valence-corrected chi connectivity index (χ1v) is 7.90. The summed E-state index contributed by atoms with van der Waals surface area (Å²) >= 11 is 0. The highest BCUT2D eigenvalue weighted by Gasteiger charge is 2.33. The molecule has 1 atom stereocenters. The molecule has 3 rings (SSSR count). The van der Waals surface area contributed by atoms with Crippen LogP contribution in [0.25, 0.3) is 0 Å². The zero-order valence-corrected chi connectivity index (χ0v) is 14.0. The molecule has 0 saturated carbocycles. The molecular formula is C19H18N2O4. The molecule has 0 spiro atoms. The Kier molecular flexibility index (Phi) is 4.52. The fraction of sp³-hybridized carbons (Fsp3) is 0.211. The van der Waals surface area contributed by atoms with E-state index >= 15 is 0 Å². The largest absolute Gasteiger partial charge is 0.465 e. The molecule has 2 aromatic carbocycles. The lowest BCUT2D eigenvalue weighted by atomic mass is 10.1. The van der Waals surface area contributed by atoms with Crippen LogP contribution >= 0.6 is 0 Å². The van der Waals surface area contributed by atoms with Gasteiger partial charge in [0.15, 0.2) is 0 Å². The molecule has 1 heterocycles. The molecule has 6 nitrogen and oxygen atoms in total. The van der Waals surface area contributed by atoms with E-state index in [1.807, 2.05) is 12.1 Å². The predicted octanol–water partition coefficient (Wildman–Crippen LogP) is 2.46. The number of esters is 1. The Morgan fingerprint density at radius 3 is 2.52 bits per heavy atom. The van der Waals surface area contributed by atoms with Crippen molar-refractivity contribution in [2.24, 2.45) is 0 Å². The number of para-hydroxylation sites is 1. The van der Waals surface area contributed by atoms with Crippen LogP contribution in [0, 0.1) is 0 Å². The maximum atomic E-state index is 12.6. The minimum atomic E-state index is -0.675. The Hall–Kier alpha value is -3.15. The summed E-state index contributed by atoms with van der Waals surface area (Å²) in [6.07, 6.45) is 0. The van der Waals surface area contributed by atoms with E-state index in [9.17, 15) is 14.4 Å². The maximum Gasteiger partial charge on any atom is 0.339 e. The number of benzene rings is 2. The minimum absolute atomic E-state index is 0.167. The van der Waals surface area contributed by atoms with Crippen molar-refractivity contribution in [3.8, 4) is 0 Å². The van der Waals surface area contributed by atoms with Gasteiger partial charge in [0.1, 0.15) is 6.04 Å². The zero-order valence-electron chi connectivity index (χ0n) is 14.0. The van der Waals surface area contributed by atoms with Gasteiger partial charge in [0.2, 0.25) is 5.91 Å². The minimum Gasteiger partial charge on any atom is -0.465 e. The number of methoxy groups -OCH3 is 1. The lowest BCUT2D eigenvalue weighted by Gasteiger charge is -2.23. The molecule has 2 aromatic rings. The number of carbonyl (C=O) groups excluding carboxylic acids is 3. The van der Waals surface area contributed by atoms with Crippen molar-refractivity contribution in [3.63, 3.8) is 0 Å². The monoisotopic (exact) mass is 338 g/mol. The zero-order chi connectivity index (χ0) is 18.0. The van der Waals surface area contributed by atoms with Gasteiger partial charge >= 0.3 is 5.97 Å². The van der Waals surface area contributed by atoms with E-state index < -0.39 is 12.0 Å². The summed E-state index contributed by atoms with van der Waals surface area (Å²) in [5.74, 6) is -1.06. The van der Waals surface area contributed by atoms with E-state index in [1.165, 1.54) is 12.0 Å². The van der Waals surface area contributed by atoms with Crippen molar-refractivity contribution >= 4 is 23.5 Å². The summed E-state index contributed by atoms with van der Waals surface area (Å²) < 4.78 is 4.72. The molecule has 128 valence electrons. The molecule has 0 radical (unpaired) electrons. The molecule has 0 fully saturated rings. The summed E-state index contributed by atoms with van der Waals surface area (Å²) in [4.78, 5) is 38.4.